The second kappa shape index (κ2) is 6.20. The lowest BCUT2D eigenvalue weighted by Gasteiger charge is -2.36. The Bertz CT molecular complexity index is 561. The summed E-state index contributed by atoms with van der Waals surface area (Å²) in [5.74, 6) is -1.66. The number of carbonyl (C=O) groups excluding carboxylic acids is 2. The Kier molecular flexibility index (Phi) is 4.55. The van der Waals surface area contributed by atoms with Gasteiger partial charge in [0.1, 0.15) is 17.7 Å². The van der Waals surface area contributed by atoms with E-state index in [0.29, 0.717) is 6.42 Å². The molecule has 1 aromatic carbocycles. The molecule has 1 heterocycles. The van der Waals surface area contributed by atoms with Crippen molar-refractivity contribution in [1.29, 1.82) is 0 Å². The summed E-state index contributed by atoms with van der Waals surface area (Å²) < 4.78 is 26.7. The summed E-state index contributed by atoms with van der Waals surface area (Å²) in [6.45, 7) is 3.78. The zero-order chi connectivity index (χ0) is 15.6. The molecule has 1 aliphatic rings. The molecule has 1 atom stereocenters. The molecule has 1 aliphatic heterocycles. The highest BCUT2D eigenvalue weighted by Gasteiger charge is 2.35. The molecule has 114 valence electrons. The summed E-state index contributed by atoms with van der Waals surface area (Å²) in [6.07, 6.45) is 0.500. The maximum absolute atomic E-state index is 13.7. The molecule has 1 saturated heterocycles. The topological polar surface area (TPSA) is 49.4 Å². The standard InChI is InChI=1S/C15H18F2N2O2/c1-9(2)5-13-15(21)18-7-14(20)19(13)8-10-3-4-11(16)6-12(10)17/h3-4,6,9,13H,5,7-8H2,1-2H3,(H,18,21). The van der Waals surface area contributed by atoms with Crippen molar-refractivity contribution < 1.29 is 18.4 Å². The van der Waals surface area contributed by atoms with Gasteiger partial charge in [0.25, 0.3) is 0 Å². The van der Waals surface area contributed by atoms with Crippen molar-refractivity contribution in [2.24, 2.45) is 5.92 Å². The number of nitrogens with zero attached hydrogens (tertiary/aromatic N) is 1. The molecule has 2 amide bonds. The van der Waals surface area contributed by atoms with Crippen LogP contribution in [0.1, 0.15) is 25.8 Å². The van der Waals surface area contributed by atoms with Crippen LogP contribution in [-0.4, -0.2) is 29.3 Å². The molecule has 0 aliphatic carbocycles. The van der Waals surface area contributed by atoms with Crippen molar-refractivity contribution in [3.63, 3.8) is 0 Å². The highest BCUT2D eigenvalue weighted by Crippen LogP contribution is 2.20. The first-order valence-corrected chi connectivity index (χ1v) is 6.89. The molecule has 0 spiro atoms. The van der Waals surface area contributed by atoms with Crippen LogP contribution in [0.2, 0.25) is 0 Å². The van der Waals surface area contributed by atoms with Gasteiger partial charge in [0.15, 0.2) is 0 Å². The second-order valence-corrected chi connectivity index (χ2v) is 5.62. The third kappa shape index (κ3) is 3.56. The lowest BCUT2D eigenvalue weighted by molar-refractivity contribution is -0.146. The molecule has 2 rings (SSSR count). The largest absolute Gasteiger partial charge is 0.345 e. The fourth-order valence-electron chi connectivity index (χ4n) is 2.41. The van der Waals surface area contributed by atoms with Crippen LogP contribution < -0.4 is 5.32 Å². The molecule has 0 aromatic heterocycles. The predicted octanol–water partition coefficient (Wildman–Crippen LogP) is 1.84. The van der Waals surface area contributed by atoms with Gasteiger partial charge in [-0.15, -0.1) is 0 Å². The van der Waals surface area contributed by atoms with Crippen molar-refractivity contribution in [1.82, 2.24) is 10.2 Å². The van der Waals surface area contributed by atoms with Gasteiger partial charge in [0.2, 0.25) is 11.8 Å². The van der Waals surface area contributed by atoms with Gasteiger partial charge in [-0.3, -0.25) is 9.59 Å². The number of amides is 2. The third-order valence-corrected chi connectivity index (χ3v) is 3.46. The summed E-state index contributed by atoms with van der Waals surface area (Å²) in [4.78, 5) is 25.4. The Labute approximate surface area is 122 Å². The molecule has 1 fully saturated rings. The van der Waals surface area contributed by atoms with Crippen LogP contribution in [0.4, 0.5) is 8.78 Å². The molecule has 1 unspecified atom stereocenters. The van der Waals surface area contributed by atoms with Crippen LogP contribution >= 0.6 is 0 Å². The van der Waals surface area contributed by atoms with E-state index in [1.807, 2.05) is 13.8 Å². The van der Waals surface area contributed by atoms with E-state index in [9.17, 15) is 18.4 Å². The number of halogens is 2. The number of hydrogen-bond donors (Lipinski definition) is 1. The van der Waals surface area contributed by atoms with Gasteiger partial charge in [0, 0.05) is 18.2 Å². The molecule has 4 nitrogen and oxygen atoms in total. The minimum absolute atomic E-state index is 0.0320. The average Bonchev–Trinajstić information content (AvgIpc) is 2.40. The molecule has 1 N–H and O–H groups in total. The van der Waals surface area contributed by atoms with Crippen molar-refractivity contribution in [2.75, 3.05) is 6.54 Å². The Balaban J connectivity index is 2.24. The monoisotopic (exact) mass is 296 g/mol. The molecule has 0 saturated carbocycles. The summed E-state index contributed by atoms with van der Waals surface area (Å²) >= 11 is 0. The number of nitrogens with one attached hydrogen (secondary N) is 1. The first-order chi connectivity index (χ1) is 9.88. The second-order valence-electron chi connectivity index (χ2n) is 5.62. The summed E-state index contributed by atoms with van der Waals surface area (Å²) in [5, 5.41) is 2.54. The first-order valence-electron chi connectivity index (χ1n) is 6.89. The molecule has 0 radical (unpaired) electrons. The van der Waals surface area contributed by atoms with Crippen molar-refractivity contribution in [3.05, 3.63) is 35.4 Å². The number of benzene rings is 1. The van der Waals surface area contributed by atoms with Crippen molar-refractivity contribution >= 4 is 11.8 Å². The molecular weight excluding hydrogens is 278 g/mol. The maximum Gasteiger partial charge on any atom is 0.243 e. The normalized spacial score (nSPS) is 19.1. The number of piperazine rings is 1. The highest BCUT2D eigenvalue weighted by molar-refractivity contribution is 5.94. The SMILES string of the molecule is CC(C)CC1C(=O)NCC(=O)N1Cc1ccc(F)cc1F. The fraction of sp³-hybridized carbons (Fsp3) is 0.467. The quantitative estimate of drug-likeness (QED) is 0.921. The van der Waals surface area contributed by atoms with Gasteiger partial charge in [-0.25, -0.2) is 8.78 Å². The summed E-state index contributed by atoms with van der Waals surface area (Å²) in [7, 11) is 0. The van der Waals surface area contributed by atoms with E-state index in [1.54, 1.807) is 0 Å². The predicted molar refractivity (Wildman–Crippen MR) is 73.2 cm³/mol. The minimum Gasteiger partial charge on any atom is -0.345 e. The van der Waals surface area contributed by atoms with Crippen LogP contribution in [0.5, 0.6) is 0 Å². The van der Waals surface area contributed by atoms with E-state index in [0.717, 1.165) is 12.1 Å². The van der Waals surface area contributed by atoms with E-state index in [-0.39, 0.29) is 36.4 Å². The van der Waals surface area contributed by atoms with Gasteiger partial charge >= 0.3 is 0 Å². The summed E-state index contributed by atoms with van der Waals surface area (Å²) in [6, 6.07) is 2.61. The Morgan fingerprint density at radius 3 is 2.67 bits per heavy atom. The smallest absolute Gasteiger partial charge is 0.243 e. The van der Waals surface area contributed by atoms with Crippen molar-refractivity contribution in [2.45, 2.75) is 32.9 Å². The Hall–Kier alpha value is -1.98. The lowest BCUT2D eigenvalue weighted by Crippen LogP contribution is -2.58. The van der Waals surface area contributed by atoms with Gasteiger partial charge in [0.05, 0.1) is 6.54 Å². The minimum atomic E-state index is -0.711. The fourth-order valence-corrected chi connectivity index (χ4v) is 2.41. The number of carbonyl (C=O) groups is 2. The van der Waals surface area contributed by atoms with Crippen LogP contribution in [-0.2, 0) is 16.1 Å². The van der Waals surface area contributed by atoms with Gasteiger partial charge in [-0.2, -0.15) is 0 Å². The highest BCUT2D eigenvalue weighted by atomic mass is 19.1. The van der Waals surface area contributed by atoms with Crippen LogP contribution in [0.15, 0.2) is 18.2 Å². The van der Waals surface area contributed by atoms with E-state index >= 15 is 0 Å². The maximum atomic E-state index is 13.7. The van der Waals surface area contributed by atoms with Gasteiger partial charge in [-0.05, 0) is 18.4 Å². The average molecular weight is 296 g/mol. The van der Waals surface area contributed by atoms with E-state index in [2.05, 4.69) is 5.32 Å². The van der Waals surface area contributed by atoms with Crippen LogP contribution in [0, 0.1) is 17.6 Å². The molecule has 6 heteroatoms. The Morgan fingerprint density at radius 2 is 2.05 bits per heavy atom. The van der Waals surface area contributed by atoms with Crippen LogP contribution in [0.25, 0.3) is 0 Å². The Morgan fingerprint density at radius 1 is 1.33 bits per heavy atom. The van der Waals surface area contributed by atoms with E-state index < -0.39 is 17.7 Å². The van der Waals surface area contributed by atoms with E-state index in [4.69, 9.17) is 0 Å². The molecule has 21 heavy (non-hydrogen) atoms. The van der Waals surface area contributed by atoms with Crippen molar-refractivity contribution in [3.8, 4) is 0 Å². The van der Waals surface area contributed by atoms with Gasteiger partial charge < -0.3 is 10.2 Å². The number of rotatable bonds is 4. The molecule has 0 bridgehead atoms. The number of hydrogen-bond acceptors (Lipinski definition) is 2. The zero-order valence-electron chi connectivity index (χ0n) is 12.0. The molecular formula is C15H18F2N2O2. The zero-order valence-corrected chi connectivity index (χ0v) is 12.0. The third-order valence-electron chi connectivity index (χ3n) is 3.46. The first kappa shape index (κ1) is 15.4. The van der Waals surface area contributed by atoms with Gasteiger partial charge in [-0.1, -0.05) is 19.9 Å². The molecule has 1 aromatic rings. The lowest BCUT2D eigenvalue weighted by atomic mass is 9.99. The van der Waals surface area contributed by atoms with E-state index in [1.165, 1.54) is 11.0 Å². The van der Waals surface area contributed by atoms with Crippen LogP contribution in [0.3, 0.4) is 0 Å². The summed E-state index contributed by atoms with van der Waals surface area (Å²) in [5.41, 5.74) is 0.202.